The van der Waals surface area contributed by atoms with Crippen LogP contribution in [0.5, 0.6) is 11.5 Å². The van der Waals surface area contributed by atoms with Gasteiger partial charge in [0.1, 0.15) is 17.1 Å². The molecule has 4 rings (SSSR count). The largest absolute Gasteiger partial charge is 0.495 e. The molecule has 0 saturated carbocycles. The topological polar surface area (TPSA) is 68.2 Å². The summed E-state index contributed by atoms with van der Waals surface area (Å²) in [4.78, 5) is 19.9. The first-order valence-electron chi connectivity index (χ1n) is 9.08. The van der Waals surface area contributed by atoms with E-state index in [2.05, 4.69) is 0 Å². The van der Waals surface area contributed by atoms with E-state index in [1.165, 1.54) is 7.11 Å². The standard InChI is InChI=1S/C22H19Cl2O5P/c1-27-20-16(23)10-8-13-12-22(29-30(25)26,14-6-4-3-5-7-14)15-9-11-17(24)21(28-2)19(15)18(13)20/h3-11,25-26H,12H2,1-2H3/t22-/m0/s1. The first-order chi connectivity index (χ1) is 14.4. The zero-order chi connectivity index (χ0) is 21.5. The predicted octanol–water partition coefficient (Wildman–Crippen LogP) is 5.71. The Hall–Kier alpha value is -1.85. The van der Waals surface area contributed by atoms with Gasteiger partial charge in [-0.15, -0.1) is 0 Å². The maximum atomic E-state index is 9.93. The lowest BCUT2D eigenvalue weighted by atomic mass is 9.72. The number of benzene rings is 3. The Kier molecular flexibility index (Phi) is 5.95. The normalized spacial score (nSPS) is 17.4. The third-order valence-electron chi connectivity index (χ3n) is 5.32. The van der Waals surface area contributed by atoms with E-state index in [9.17, 15) is 9.79 Å². The van der Waals surface area contributed by atoms with Crippen molar-refractivity contribution in [1.29, 1.82) is 0 Å². The minimum Gasteiger partial charge on any atom is -0.495 e. The van der Waals surface area contributed by atoms with Gasteiger partial charge in [0, 0.05) is 23.1 Å². The number of halogens is 2. The van der Waals surface area contributed by atoms with E-state index in [1.54, 1.807) is 19.2 Å². The first kappa shape index (κ1) is 21.4. The van der Waals surface area contributed by atoms with Gasteiger partial charge in [-0.3, -0.25) is 4.52 Å². The van der Waals surface area contributed by atoms with Crippen LogP contribution in [0.3, 0.4) is 0 Å². The van der Waals surface area contributed by atoms with Crippen molar-refractivity contribution in [3.05, 3.63) is 81.3 Å². The molecule has 0 aliphatic heterocycles. The van der Waals surface area contributed by atoms with Crippen molar-refractivity contribution in [3.63, 3.8) is 0 Å². The van der Waals surface area contributed by atoms with Gasteiger partial charge in [0.2, 0.25) is 0 Å². The Morgan fingerprint density at radius 2 is 1.43 bits per heavy atom. The van der Waals surface area contributed by atoms with Crippen LogP contribution in [0.15, 0.2) is 54.6 Å². The number of ether oxygens (including phenoxy) is 2. The molecule has 5 nitrogen and oxygen atoms in total. The van der Waals surface area contributed by atoms with Gasteiger partial charge in [-0.1, -0.05) is 65.7 Å². The van der Waals surface area contributed by atoms with Crippen LogP contribution in [0.25, 0.3) is 11.1 Å². The van der Waals surface area contributed by atoms with Crippen molar-refractivity contribution in [1.82, 2.24) is 0 Å². The Morgan fingerprint density at radius 1 is 0.833 bits per heavy atom. The van der Waals surface area contributed by atoms with Crippen LogP contribution in [-0.2, 0) is 16.5 Å². The molecular formula is C22H19Cl2O5P. The van der Waals surface area contributed by atoms with Crippen molar-refractivity contribution < 1.29 is 23.8 Å². The Labute approximate surface area is 185 Å². The monoisotopic (exact) mass is 464 g/mol. The van der Waals surface area contributed by atoms with Crippen LogP contribution in [-0.4, -0.2) is 24.0 Å². The second-order valence-corrected chi connectivity index (χ2v) is 8.33. The first-order valence-corrected chi connectivity index (χ1v) is 11.0. The van der Waals surface area contributed by atoms with Crippen LogP contribution >= 0.6 is 31.8 Å². The fourth-order valence-electron chi connectivity index (χ4n) is 4.16. The Morgan fingerprint density at radius 3 is 2.03 bits per heavy atom. The fourth-order valence-corrected chi connectivity index (χ4v) is 5.18. The summed E-state index contributed by atoms with van der Waals surface area (Å²) in [6.45, 7) is 0. The van der Waals surface area contributed by atoms with Gasteiger partial charge in [0.25, 0.3) is 0 Å². The van der Waals surface area contributed by atoms with E-state index in [0.717, 1.165) is 16.7 Å². The number of rotatable bonds is 5. The summed E-state index contributed by atoms with van der Waals surface area (Å²) in [6.07, 6.45) is 0.331. The lowest BCUT2D eigenvalue weighted by molar-refractivity contribution is 0.0899. The van der Waals surface area contributed by atoms with Crippen LogP contribution in [0, 0.1) is 0 Å². The van der Waals surface area contributed by atoms with Crippen molar-refractivity contribution in [3.8, 4) is 22.6 Å². The van der Waals surface area contributed by atoms with E-state index in [4.69, 9.17) is 37.2 Å². The van der Waals surface area contributed by atoms with Crippen LogP contribution < -0.4 is 9.47 Å². The van der Waals surface area contributed by atoms with E-state index in [-0.39, 0.29) is 0 Å². The van der Waals surface area contributed by atoms with Crippen LogP contribution in [0.2, 0.25) is 10.0 Å². The zero-order valence-corrected chi connectivity index (χ0v) is 18.6. The highest BCUT2D eigenvalue weighted by atomic mass is 35.5. The number of methoxy groups -OCH3 is 2. The maximum absolute atomic E-state index is 9.93. The molecule has 1 aliphatic carbocycles. The van der Waals surface area contributed by atoms with Gasteiger partial charge < -0.3 is 19.3 Å². The summed E-state index contributed by atoms with van der Waals surface area (Å²) in [5.41, 5.74) is 2.52. The van der Waals surface area contributed by atoms with Gasteiger partial charge in [-0.2, -0.15) is 0 Å². The van der Waals surface area contributed by atoms with Gasteiger partial charge in [-0.25, -0.2) is 0 Å². The van der Waals surface area contributed by atoms with Crippen LogP contribution in [0.1, 0.15) is 16.7 Å². The molecule has 0 amide bonds. The minimum absolute atomic E-state index is 0.331. The van der Waals surface area contributed by atoms with Crippen molar-refractivity contribution in [2.75, 3.05) is 14.2 Å². The lowest BCUT2D eigenvalue weighted by Gasteiger charge is -2.41. The van der Waals surface area contributed by atoms with Gasteiger partial charge in [0.05, 0.1) is 24.3 Å². The van der Waals surface area contributed by atoms with Crippen molar-refractivity contribution in [2.45, 2.75) is 12.0 Å². The smallest absolute Gasteiger partial charge is 0.328 e. The molecule has 156 valence electrons. The third kappa shape index (κ3) is 3.36. The highest BCUT2D eigenvalue weighted by Gasteiger charge is 2.46. The second-order valence-electron chi connectivity index (χ2n) is 6.83. The van der Waals surface area contributed by atoms with Gasteiger partial charge in [-0.05, 0) is 23.3 Å². The fraction of sp³-hybridized carbons (Fsp3) is 0.182. The molecule has 2 N–H and O–H groups in total. The molecule has 0 aromatic heterocycles. The predicted molar refractivity (Wildman–Crippen MR) is 118 cm³/mol. The summed E-state index contributed by atoms with van der Waals surface area (Å²) in [7, 11) is 0.401. The number of fused-ring (bicyclic) bond motifs is 3. The van der Waals surface area contributed by atoms with Crippen molar-refractivity contribution >= 4 is 31.8 Å². The highest BCUT2D eigenvalue weighted by Crippen LogP contribution is 2.58. The van der Waals surface area contributed by atoms with Gasteiger partial charge >= 0.3 is 8.60 Å². The Bertz CT molecular complexity index is 1090. The van der Waals surface area contributed by atoms with E-state index >= 15 is 0 Å². The van der Waals surface area contributed by atoms with Crippen LogP contribution in [0.4, 0.5) is 0 Å². The van der Waals surface area contributed by atoms with Gasteiger partial charge in [0.15, 0.2) is 0 Å². The molecule has 30 heavy (non-hydrogen) atoms. The average molecular weight is 465 g/mol. The summed E-state index contributed by atoms with van der Waals surface area (Å²) in [5, 5.41) is 0.854. The summed E-state index contributed by atoms with van der Waals surface area (Å²) >= 11 is 12.9. The molecule has 8 heteroatoms. The second kappa shape index (κ2) is 8.35. The van der Waals surface area contributed by atoms with Crippen molar-refractivity contribution in [2.24, 2.45) is 0 Å². The molecule has 3 aromatic rings. The molecule has 0 fully saturated rings. The molecule has 0 saturated heterocycles. The summed E-state index contributed by atoms with van der Waals surface area (Å²) in [6, 6.07) is 16.6. The average Bonchev–Trinajstić information content (AvgIpc) is 2.74. The third-order valence-corrected chi connectivity index (χ3v) is 6.39. The SMILES string of the molecule is COc1c(Cl)ccc2c1-c1c(ccc(Cl)c1OC)[C@@](OP(O)O)(c1ccccc1)C2. The molecule has 0 bridgehead atoms. The lowest BCUT2D eigenvalue weighted by Crippen LogP contribution is -2.36. The van der Waals surface area contributed by atoms with E-state index in [0.29, 0.717) is 39.1 Å². The Balaban J connectivity index is 2.14. The zero-order valence-electron chi connectivity index (χ0n) is 16.2. The number of hydrogen-bond donors (Lipinski definition) is 2. The molecule has 0 spiro atoms. The molecule has 0 heterocycles. The molecule has 0 unspecified atom stereocenters. The maximum Gasteiger partial charge on any atom is 0.328 e. The molecular weight excluding hydrogens is 446 g/mol. The molecule has 0 radical (unpaired) electrons. The van der Waals surface area contributed by atoms with E-state index < -0.39 is 14.2 Å². The quantitative estimate of drug-likeness (QED) is 0.473. The van der Waals surface area contributed by atoms with E-state index in [1.807, 2.05) is 42.5 Å². The summed E-state index contributed by atoms with van der Waals surface area (Å²) in [5.74, 6) is 0.924. The summed E-state index contributed by atoms with van der Waals surface area (Å²) < 4.78 is 17.2. The molecule has 1 aliphatic rings. The highest BCUT2D eigenvalue weighted by molar-refractivity contribution is 7.39. The minimum atomic E-state index is -2.68. The molecule has 1 atom stereocenters. The molecule has 3 aromatic carbocycles. The number of hydrogen-bond acceptors (Lipinski definition) is 5.